The lowest BCUT2D eigenvalue weighted by molar-refractivity contribution is 0.0666. The van der Waals surface area contributed by atoms with E-state index in [2.05, 4.69) is 0 Å². The molecule has 1 saturated heterocycles. The third-order valence-electron chi connectivity index (χ3n) is 5.38. The van der Waals surface area contributed by atoms with Crippen molar-refractivity contribution in [3.05, 3.63) is 65.5 Å². The molecule has 2 unspecified atom stereocenters. The van der Waals surface area contributed by atoms with E-state index in [0.717, 1.165) is 52.6 Å². The Hall–Kier alpha value is -2.50. The Labute approximate surface area is 170 Å². The molecule has 1 aliphatic rings. The summed E-state index contributed by atoms with van der Waals surface area (Å²) in [6, 6.07) is 20.1. The summed E-state index contributed by atoms with van der Waals surface area (Å²) in [4.78, 5) is 21.0. The minimum absolute atomic E-state index is 0.0730. The molecule has 2 aromatic carbocycles. The number of hydrogen-bond acceptors (Lipinski definition) is 4. The van der Waals surface area contributed by atoms with Crippen LogP contribution in [0.1, 0.15) is 29.4 Å². The number of aromatic nitrogens is 1. The fourth-order valence-corrected chi connectivity index (χ4v) is 4.79. The van der Waals surface area contributed by atoms with Crippen molar-refractivity contribution in [2.24, 2.45) is 11.7 Å². The summed E-state index contributed by atoms with van der Waals surface area (Å²) < 4.78 is 0. The molecule has 2 atom stereocenters. The number of benzene rings is 2. The Kier molecular flexibility index (Phi) is 5.55. The second-order valence-electron chi connectivity index (χ2n) is 7.44. The molecular weight excluding hydrogens is 366 g/mol. The van der Waals surface area contributed by atoms with Gasteiger partial charge in [-0.1, -0.05) is 60.7 Å². The van der Waals surface area contributed by atoms with E-state index in [0.29, 0.717) is 5.92 Å². The molecule has 4 rings (SSSR count). The van der Waals surface area contributed by atoms with Crippen LogP contribution in [-0.2, 0) is 0 Å². The van der Waals surface area contributed by atoms with Crippen molar-refractivity contribution in [1.29, 1.82) is 0 Å². The maximum atomic E-state index is 13.5. The van der Waals surface area contributed by atoms with Crippen molar-refractivity contribution < 1.29 is 4.79 Å². The Morgan fingerprint density at radius 1 is 1.11 bits per heavy atom. The van der Waals surface area contributed by atoms with E-state index in [4.69, 9.17) is 10.7 Å². The standard InChI is InChI=1S/C23H25N3OS/c1-16(24)19-13-8-14-26(15-19)23(27)21-20(17-9-4-2-5-10-17)25-22(28-21)18-11-6-3-7-12-18/h2-7,9-12,16,19H,8,13-15,24H2,1H3. The van der Waals surface area contributed by atoms with Gasteiger partial charge in [-0.15, -0.1) is 11.3 Å². The van der Waals surface area contributed by atoms with Crippen molar-refractivity contribution in [2.45, 2.75) is 25.8 Å². The second kappa shape index (κ2) is 8.25. The SMILES string of the molecule is CC(N)C1CCCN(C(=O)c2sc(-c3ccccc3)nc2-c2ccccc2)C1. The van der Waals surface area contributed by atoms with E-state index in [1.54, 1.807) is 0 Å². The molecule has 1 aromatic heterocycles. The minimum Gasteiger partial charge on any atom is -0.338 e. The summed E-state index contributed by atoms with van der Waals surface area (Å²) in [6.07, 6.45) is 2.09. The van der Waals surface area contributed by atoms with Gasteiger partial charge in [-0.2, -0.15) is 0 Å². The van der Waals surface area contributed by atoms with E-state index in [1.165, 1.54) is 11.3 Å². The molecule has 2 heterocycles. The molecule has 0 radical (unpaired) electrons. The molecule has 4 nitrogen and oxygen atoms in total. The van der Waals surface area contributed by atoms with Crippen LogP contribution >= 0.6 is 11.3 Å². The molecule has 0 saturated carbocycles. The first kappa shape index (κ1) is 18.8. The number of hydrogen-bond donors (Lipinski definition) is 1. The predicted octanol–water partition coefficient (Wildman–Crippen LogP) is 4.68. The lowest BCUT2D eigenvalue weighted by Gasteiger charge is -2.34. The molecule has 3 aromatic rings. The number of amides is 1. The number of carbonyl (C=O) groups excluding carboxylic acids is 1. The van der Waals surface area contributed by atoms with Gasteiger partial charge in [0.05, 0.1) is 5.69 Å². The molecule has 2 N–H and O–H groups in total. The average Bonchev–Trinajstić information content (AvgIpc) is 3.20. The highest BCUT2D eigenvalue weighted by Crippen LogP contribution is 2.35. The topological polar surface area (TPSA) is 59.2 Å². The van der Waals surface area contributed by atoms with Crippen LogP contribution in [0.25, 0.3) is 21.8 Å². The third kappa shape index (κ3) is 3.86. The van der Waals surface area contributed by atoms with Crippen LogP contribution in [0.15, 0.2) is 60.7 Å². The Morgan fingerprint density at radius 2 is 1.75 bits per heavy atom. The maximum Gasteiger partial charge on any atom is 0.266 e. The first-order valence-electron chi connectivity index (χ1n) is 9.80. The Balaban J connectivity index is 1.72. The maximum absolute atomic E-state index is 13.5. The Morgan fingerprint density at radius 3 is 2.39 bits per heavy atom. The monoisotopic (exact) mass is 391 g/mol. The largest absolute Gasteiger partial charge is 0.338 e. The van der Waals surface area contributed by atoms with E-state index in [1.807, 2.05) is 72.5 Å². The van der Waals surface area contributed by atoms with E-state index in [-0.39, 0.29) is 11.9 Å². The van der Waals surface area contributed by atoms with Crippen LogP contribution in [0.5, 0.6) is 0 Å². The molecule has 28 heavy (non-hydrogen) atoms. The third-order valence-corrected chi connectivity index (χ3v) is 6.47. The van der Waals surface area contributed by atoms with Gasteiger partial charge >= 0.3 is 0 Å². The quantitative estimate of drug-likeness (QED) is 0.703. The number of nitrogens with two attached hydrogens (primary N) is 1. The van der Waals surface area contributed by atoms with E-state index >= 15 is 0 Å². The molecule has 0 spiro atoms. The summed E-state index contributed by atoms with van der Waals surface area (Å²) in [5.41, 5.74) is 8.91. The van der Waals surface area contributed by atoms with Gasteiger partial charge in [0.1, 0.15) is 9.88 Å². The number of piperidine rings is 1. The molecule has 144 valence electrons. The van der Waals surface area contributed by atoms with Gasteiger partial charge in [0, 0.05) is 30.3 Å². The van der Waals surface area contributed by atoms with Crippen LogP contribution in [0.2, 0.25) is 0 Å². The minimum atomic E-state index is 0.0730. The van der Waals surface area contributed by atoms with Gasteiger partial charge in [-0.3, -0.25) is 4.79 Å². The van der Waals surface area contributed by atoms with Gasteiger partial charge in [0.15, 0.2) is 0 Å². The highest BCUT2D eigenvalue weighted by molar-refractivity contribution is 7.17. The van der Waals surface area contributed by atoms with Gasteiger partial charge in [-0.25, -0.2) is 4.98 Å². The lowest BCUT2D eigenvalue weighted by atomic mass is 9.92. The van der Waals surface area contributed by atoms with Crippen molar-refractivity contribution in [2.75, 3.05) is 13.1 Å². The summed E-state index contributed by atoms with van der Waals surface area (Å²) in [5, 5.41) is 0.878. The van der Waals surface area contributed by atoms with Crippen molar-refractivity contribution in [3.8, 4) is 21.8 Å². The summed E-state index contributed by atoms with van der Waals surface area (Å²) >= 11 is 1.49. The zero-order valence-corrected chi connectivity index (χ0v) is 16.9. The number of rotatable bonds is 4. The van der Waals surface area contributed by atoms with Crippen molar-refractivity contribution >= 4 is 17.2 Å². The number of likely N-dealkylation sites (tertiary alicyclic amines) is 1. The second-order valence-corrected chi connectivity index (χ2v) is 8.44. The highest BCUT2D eigenvalue weighted by Gasteiger charge is 2.30. The lowest BCUT2D eigenvalue weighted by Crippen LogP contribution is -2.45. The number of thiazole rings is 1. The fraction of sp³-hybridized carbons (Fsp3) is 0.304. The first-order valence-corrected chi connectivity index (χ1v) is 10.6. The zero-order valence-electron chi connectivity index (χ0n) is 16.0. The average molecular weight is 392 g/mol. The first-order chi connectivity index (χ1) is 13.6. The Bertz CT molecular complexity index is 937. The normalized spacial score (nSPS) is 18.1. The van der Waals surface area contributed by atoms with Gasteiger partial charge < -0.3 is 10.6 Å². The van der Waals surface area contributed by atoms with Gasteiger partial charge in [0.25, 0.3) is 5.91 Å². The van der Waals surface area contributed by atoms with E-state index in [9.17, 15) is 4.79 Å². The number of nitrogens with zero attached hydrogens (tertiary/aromatic N) is 2. The molecular formula is C23H25N3OS. The van der Waals surface area contributed by atoms with E-state index < -0.39 is 0 Å². The van der Waals surface area contributed by atoms with Crippen LogP contribution in [-0.4, -0.2) is 34.9 Å². The predicted molar refractivity (Wildman–Crippen MR) is 115 cm³/mol. The molecule has 1 fully saturated rings. The fourth-order valence-electron chi connectivity index (χ4n) is 3.73. The van der Waals surface area contributed by atoms with Gasteiger partial charge in [0.2, 0.25) is 0 Å². The summed E-state index contributed by atoms with van der Waals surface area (Å²) in [7, 11) is 0. The van der Waals surface area contributed by atoms with Crippen LogP contribution in [0.3, 0.4) is 0 Å². The van der Waals surface area contributed by atoms with Gasteiger partial charge in [-0.05, 0) is 25.7 Å². The number of carbonyl (C=O) groups is 1. The molecule has 0 aliphatic carbocycles. The molecule has 1 aliphatic heterocycles. The molecule has 5 heteroatoms. The zero-order chi connectivity index (χ0) is 19.5. The summed E-state index contributed by atoms with van der Waals surface area (Å²) in [6.45, 7) is 3.55. The summed E-state index contributed by atoms with van der Waals surface area (Å²) in [5.74, 6) is 0.434. The molecule has 1 amide bonds. The smallest absolute Gasteiger partial charge is 0.266 e. The van der Waals surface area contributed by atoms with Crippen molar-refractivity contribution in [1.82, 2.24) is 9.88 Å². The highest BCUT2D eigenvalue weighted by atomic mass is 32.1. The van der Waals surface area contributed by atoms with Crippen LogP contribution in [0, 0.1) is 5.92 Å². The molecule has 0 bridgehead atoms. The van der Waals surface area contributed by atoms with Crippen LogP contribution in [0.4, 0.5) is 0 Å². The van der Waals surface area contributed by atoms with Crippen molar-refractivity contribution in [3.63, 3.8) is 0 Å². The van der Waals surface area contributed by atoms with Crippen LogP contribution < -0.4 is 5.73 Å².